The average Bonchev–Trinajstić information content (AvgIpc) is 1.62. The first-order valence-electron chi connectivity index (χ1n) is 2.35. The molecule has 50 valence electrons. The van der Waals surface area contributed by atoms with Crippen molar-refractivity contribution in [2.75, 3.05) is 6.26 Å². The maximum atomic E-state index is 10.3. The second-order valence-corrected chi connectivity index (χ2v) is 3.90. The number of aliphatic hydroxyl groups excluding tert-OH is 1. The first kappa shape index (κ1) is 7.91. The van der Waals surface area contributed by atoms with E-state index in [4.69, 9.17) is 5.11 Å². The van der Waals surface area contributed by atoms with E-state index in [-0.39, 0.29) is 6.42 Å². The molecule has 0 aliphatic rings. The molecule has 0 heterocycles. The third-order valence-corrected chi connectivity index (χ3v) is 2.17. The molecule has 0 spiro atoms. The summed E-state index contributed by atoms with van der Waals surface area (Å²) in [7, 11) is -3.20. The zero-order valence-electron chi connectivity index (χ0n) is 4.96. The van der Waals surface area contributed by atoms with E-state index in [0.29, 0.717) is 0 Å². The minimum atomic E-state index is -3.20. The SMILES string of the molecule is CCC(O)S(C)(=O)=O. The molecule has 0 aromatic heterocycles. The van der Waals surface area contributed by atoms with Crippen LogP contribution in [0.25, 0.3) is 0 Å². The van der Waals surface area contributed by atoms with E-state index in [0.717, 1.165) is 6.26 Å². The summed E-state index contributed by atoms with van der Waals surface area (Å²) < 4.78 is 20.6. The van der Waals surface area contributed by atoms with E-state index in [1.807, 2.05) is 0 Å². The minimum Gasteiger partial charge on any atom is -0.377 e. The molecule has 8 heavy (non-hydrogen) atoms. The van der Waals surface area contributed by atoms with Gasteiger partial charge in [-0.25, -0.2) is 8.42 Å². The Morgan fingerprint density at radius 2 is 2.00 bits per heavy atom. The molecule has 0 fully saturated rings. The summed E-state index contributed by atoms with van der Waals surface area (Å²) >= 11 is 0. The summed E-state index contributed by atoms with van der Waals surface area (Å²) in [5, 5.41) is 8.61. The predicted molar refractivity (Wildman–Crippen MR) is 31.1 cm³/mol. The molecule has 0 aliphatic carbocycles. The van der Waals surface area contributed by atoms with Gasteiger partial charge in [0.2, 0.25) is 0 Å². The quantitative estimate of drug-likeness (QED) is 0.573. The predicted octanol–water partition coefficient (Wildman–Crippen LogP) is -0.241. The first-order chi connectivity index (χ1) is 3.48. The van der Waals surface area contributed by atoms with E-state index >= 15 is 0 Å². The van der Waals surface area contributed by atoms with Crippen LogP contribution in [0, 0.1) is 0 Å². The highest BCUT2D eigenvalue weighted by Gasteiger charge is 2.12. The van der Waals surface area contributed by atoms with Crippen molar-refractivity contribution in [3.8, 4) is 0 Å². The monoisotopic (exact) mass is 138 g/mol. The van der Waals surface area contributed by atoms with Crippen molar-refractivity contribution in [1.82, 2.24) is 0 Å². The van der Waals surface area contributed by atoms with Gasteiger partial charge in [0.15, 0.2) is 15.3 Å². The molecule has 0 aliphatic heterocycles. The highest BCUT2D eigenvalue weighted by atomic mass is 32.2. The molecule has 0 saturated carbocycles. The highest BCUT2D eigenvalue weighted by molar-refractivity contribution is 7.91. The average molecular weight is 138 g/mol. The molecule has 0 aromatic carbocycles. The number of hydrogen-bond acceptors (Lipinski definition) is 3. The molecule has 1 unspecified atom stereocenters. The van der Waals surface area contributed by atoms with Gasteiger partial charge in [0, 0.05) is 6.26 Å². The Balaban J connectivity index is 4.04. The lowest BCUT2D eigenvalue weighted by Gasteiger charge is -2.01. The van der Waals surface area contributed by atoms with Gasteiger partial charge in [-0.3, -0.25) is 0 Å². The lowest BCUT2D eigenvalue weighted by atomic mass is 10.5. The van der Waals surface area contributed by atoms with Crippen molar-refractivity contribution in [3.05, 3.63) is 0 Å². The zero-order chi connectivity index (χ0) is 6.78. The topological polar surface area (TPSA) is 54.4 Å². The van der Waals surface area contributed by atoms with Crippen molar-refractivity contribution in [2.45, 2.75) is 18.8 Å². The normalized spacial score (nSPS) is 15.9. The van der Waals surface area contributed by atoms with Crippen LogP contribution in [0.5, 0.6) is 0 Å². The van der Waals surface area contributed by atoms with E-state index < -0.39 is 15.3 Å². The Morgan fingerprint density at radius 1 is 1.62 bits per heavy atom. The fourth-order valence-corrected chi connectivity index (χ4v) is 0.908. The van der Waals surface area contributed by atoms with Gasteiger partial charge in [-0.2, -0.15) is 0 Å². The van der Waals surface area contributed by atoms with Crippen molar-refractivity contribution >= 4 is 9.84 Å². The second kappa shape index (κ2) is 2.46. The van der Waals surface area contributed by atoms with Crippen LogP contribution in [0.15, 0.2) is 0 Å². The fraction of sp³-hybridized carbons (Fsp3) is 1.00. The lowest BCUT2D eigenvalue weighted by molar-refractivity contribution is 0.245. The van der Waals surface area contributed by atoms with Gasteiger partial charge in [0.05, 0.1) is 0 Å². The first-order valence-corrected chi connectivity index (χ1v) is 4.31. The Hall–Kier alpha value is -0.0900. The van der Waals surface area contributed by atoms with Crippen LogP contribution in [0.3, 0.4) is 0 Å². The number of sulfone groups is 1. The van der Waals surface area contributed by atoms with Gasteiger partial charge >= 0.3 is 0 Å². The molecule has 1 N–H and O–H groups in total. The maximum absolute atomic E-state index is 10.3. The number of rotatable bonds is 2. The van der Waals surface area contributed by atoms with Gasteiger partial charge in [-0.15, -0.1) is 0 Å². The van der Waals surface area contributed by atoms with Gasteiger partial charge in [-0.1, -0.05) is 6.92 Å². The molecular formula is C4H10O3S. The van der Waals surface area contributed by atoms with E-state index in [2.05, 4.69) is 0 Å². The Labute approximate surface area is 49.3 Å². The van der Waals surface area contributed by atoms with Crippen molar-refractivity contribution in [2.24, 2.45) is 0 Å². The van der Waals surface area contributed by atoms with Crippen LogP contribution in [0.1, 0.15) is 13.3 Å². The molecule has 0 amide bonds. The third kappa shape index (κ3) is 2.28. The minimum absolute atomic E-state index is 0.263. The Morgan fingerprint density at radius 3 is 2.00 bits per heavy atom. The number of hydrogen-bond donors (Lipinski definition) is 1. The smallest absolute Gasteiger partial charge is 0.173 e. The van der Waals surface area contributed by atoms with Gasteiger partial charge in [0.1, 0.15) is 0 Å². The van der Waals surface area contributed by atoms with E-state index in [1.54, 1.807) is 6.92 Å². The van der Waals surface area contributed by atoms with Gasteiger partial charge in [0.25, 0.3) is 0 Å². The van der Waals surface area contributed by atoms with Gasteiger partial charge in [-0.05, 0) is 6.42 Å². The molecule has 4 heteroatoms. The summed E-state index contributed by atoms with van der Waals surface area (Å²) in [4.78, 5) is 0. The van der Waals surface area contributed by atoms with Crippen LogP contribution in [-0.2, 0) is 9.84 Å². The largest absolute Gasteiger partial charge is 0.377 e. The van der Waals surface area contributed by atoms with Crippen LogP contribution >= 0.6 is 0 Å². The summed E-state index contributed by atoms with van der Waals surface area (Å²) in [6.07, 6.45) is 1.28. The zero-order valence-corrected chi connectivity index (χ0v) is 5.77. The molecule has 0 rings (SSSR count). The second-order valence-electron chi connectivity index (χ2n) is 1.69. The third-order valence-electron chi connectivity index (χ3n) is 0.843. The lowest BCUT2D eigenvalue weighted by Crippen LogP contribution is -2.17. The Kier molecular flexibility index (Phi) is 2.43. The maximum Gasteiger partial charge on any atom is 0.173 e. The molecule has 3 nitrogen and oxygen atoms in total. The van der Waals surface area contributed by atoms with E-state index in [9.17, 15) is 8.42 Å². The summed E-state index contributed by atoms with van der Waals surface area (Å²) in [6, 6.07) is 0. The fourth-order valence-electron chi connectivity index (χ4n) is 0.303. The molecule has 0 radical (unpaired) electrons. The van der Waals surface area contributed by atoms with Crippen LogP contribution in [0.4, 0.5) is 0 Å². The summed E-state index contributed by atoms with van der Waals surface area (Å²) in [5.74, 6) is 0. The van der Waals surface area contributed by atoms with Crippen molar-refractivity contribution in [3.63, 3.8) is 0 Å². The molecule has 0 bridgehead atoms. The van der Waals surface area contributed by atoms with Crippen LogP contribution in [0.2, 0.25) is 0 Å². The van der Waals surface area contributed by atoms with Crippen LogP contribution in [-0.4, -0.2) is 25.2 Å². The van der Waals surface area contributed by atoms with Gasteiger partial charge < -0.3 is 5.11 Å². The number of aliphatic hydroxyl groups is 1. The van der Waals surface area contributed by atoms with Crippen molar-refractivity contribution in [1.29, 1.82) is 0 Å². The molecule has 0 aromatic rings. The molecular weight excluding hydrogens is 128 g/mol. The standard InChI is InChI=1S/C4H10O3S/c1-3-4(5)8(2,6)7/h4-5H,3H2,1-2H3. The summed E-state index contributed by atoms with van der Waals surface area (Å²) in [5.41, 5.74) is -1.18. The molecule has 0 saturated heterocycles. The van der Waals surface area contributed by atoms with E-state index in [1.165, 1.54) is 0 Å². The Bertz CT molecular complexity index is 147. The van der Waals surface area contributed by atoms with Crippen LogP contribution < -0.4 is 0 Å². The molecule has 1 atom stereocenters. The highest BCUT2D eigenvalue weighted by Crippen LogP contribution is 1.97. The van der Waals surface area contributed by atoms with Crippen molar-refractivity contribution < 1.29 is 13.5 Å². The summed E-state index contributed by atoms with van der Waals surface area (Å²) in [6.45, 7) is 1.62.